The van der Waals surface area contributed by atoms with Crippen molar-refractivity contribution in [1.82, 2.24) is 0 Å². The topological polar surface area (TPSA) is 102 Å². The number of anilines is 3. The molecule has 4 aromatic rings. The first-order valence-corrected chi connectivity index (χ1v) is 13.0. The predicted molar refractivity (Wildman–Crippen MR) is 156 cm³/mol. The molecule has 42 heavy (non-hydrogen) atoms. The normalized spacial score (nSPS) is 11.7. The van der Waals surface area contributed by atoms with Gasteiger partial charge in [-0.25, -0.2) is 4.79 Å². The number of halogens is 3. The monoisotopic (exact) mass is 575 g/mol. The molecule has 10 heteroatoms. The second-order valence-electron chi connectivity index (χ2n) is 9.52. The lowest BCUT2D eigenvalue weighted by Crippen LogP contribution is -2.17. The minimum Gasteiger partial charge on any atom is -0.505 e. The number of aromatic carboxylic acids is 1. The van der Waals surface area contributed by atoms with Crippen molar-refractivity contribution in [3.8, 4) is 16.9 Å². The van der Waals surface area contributed by atoms with Gasteiger partial charge in [-0.1, -0.05) is 54.6 Å². The Labute approximate surface area is 240 Å². The molecule has 0 aliphatic rings. The van der Waals surface area contributed by atoms with Gasteiger partial charge in [0.25, 0.3) is 0 Å². The summed E-state index contributed by atoms with van der Waals surface area (Å²) in [6.45, 7) is 1.73. The number of benzene rings is 4. The summed E-state index contributed by atoms with van der Waals surface area (Å²) in [7, 11) is 0. The van der Waals surface area contributed by atoms with Crippen LogP contribution in [0.2, 0.25) is 0 Å². The first-order valence-electron chi connectivity index (χ1n) is 13.0. The number of hydrogen-bond donors (Lipinski definition) is 3. The third kappa shape index (κ3) is 7.34. The third-order valence-electron chi connectivity index (χ3n) is 6.60. The Morgan fingerprint density at radius 3 is 2.38 bits per heavy atom. The highest BCUT2D eigenvalue weighted by molar-refractivity contribution is 6.07. The van der Waals surface area contributed by atoms with Crippen LogP contribution in [0.15, 0.2) is 96.1 Å². The summed E-state index contributed by atoms with van der Waals surface area (Å²) in [5.74, 6) is -1.19. The number of hydrogen-bond acceptors (Lipinski definition) is 5. The van der Waals surface area contributed by atoms with E-state index in [0.29, 0.717) is 45.9 Å². The van der Waals surface area contributed by atoms with Crippen LogP contribution in [0.25, 0.3) is 11.1 Å². The summed E-state index contributed by atoms with van der Waals surface area (Å²) in [6, 6.07) is 25.1. The zero-order valence-corrected chi connectivity index (χ0v) is 22.6. The quantitative estimate of drug-likeness (QED) is 0.0734. The van der Waals surface area contributed by atoms with Crippen molar-refractivity contribution in [2.24, 2.45) is 5.10 Å². The first-order chi connectivity index (χ1) is 20.1. The number of carboxylic acids is 1. The zero-order valence-electron chi connectivity index (χ0n) is 22.6. The van der Waals surface area contributed by atoms with Gasteiger partial charge in [-0.05, 0) is 67.3 Å². The molecule has 0 aliphatic heterocycles. The van der Waals surface area contributed by atoms with Crippen LogP contribution >= 0.6 is 0 Å². The fourth-order valence-corrected chi connectivity index (χ4v) is 4.45. The molecule has 0 aliphatic carbocycles. The van der Waals surface area contributed by atoms with Crippen molar-refractivity contribution in [2.75, 3.05) is 10.3 Å². The van der Waals surface area contributed by atoms with E-state index >= 15 is 0 Å². The lowest BCUT2D eigenvalue weighted by Gasteiger charge is -2.21. The summed E-state index contributed by atoms with van der Waals surface area (Å²) in [6.07, 6.45) is -4.14. The van der Waals surface area contributed by atoms with Crippen molar-refractivity contribution in [1.29, 1.82) is 0 Å². The van der Waals surface area contributed by atoms with Crippen LogP contribution in [0.3, 0.4) is 0 Å². The van der Waals surface area contributed by atoms with E-state index in [1.165, 1.54) is 17.0 Å². The van der Waals surface area contributed by atoms with Crippen LogP contribution in [0, 0.1) is 0 Å². The standard InChI is InChI=1S/C32H28F3N3O4/c1-21(36-37-28-12-5-11-27(30(28)40)23-8-4-9-24(19-23)31(41)42)26-10-2-3-13-29(26)38(20-39)25-16-14-22(15-17-25)7-6-18-32(33,34)35/h2-5,8-17,19-20,37,40H,6-7,18H2,1H3,(H,41,42)/b36-21+. The number of carboxylic acid groups (broad SMARTS) is 1. The van der Waals surface area contributed by atoms with Gasteiger partial charge >= 0.3 is 12.1 Å². The number of hydrazone groups is 1. The minimum absolute atomic E-state index is 0.0150. The molecule has 0 bridgehead atoms. The Balaban J connectivity index is 1.56. The van der Waals surface area contributed by atoms with Gasteiger partial charge in [-0.15, -0.1) is 0 Å². The SMILES string of the molecule is C/C(=N\Nc1cccc(-c2cccc(C(=O)O)c2)c1O)c1ccccc1N(C=O)c1ccc(CCCC(F)(F)F)cc1. The Morgan fingerprint density at radius 2 is 1.69 bits per heavy atom. The molecule has 0 aromatic heterocycles. The highest BCUT2D eigenvalue weighted by atomic mass is 19.4. The summed E-state index contributed by atoms with van der Waals surface area (Å²) < 4.78 is 37.4. The number of nitrogens with zero attached hydrogens (tertiary/aromatic N) is 2. The number of carbonyl (C=O) groups excluding carboxylic acids is 1. The van der Waals surface area contributed by atoms with E-state index in [9.17, 15) is 33.0 Å². The minimum atomic E-state index is -4.19. The number of aromatic hydroxyl groups is 1. The Hall–Kier alpha value is -5.12. The molecule has 0 radical (unpaired) electrons. The van der Waals surface area contributed by atoms with E-state index in [0.717, 1.165) is 5.56 Å². The molecule has 0 saturated heterocycles. The van der Waals surface area contributed by atoms with Crippen molar-refractivity contribution < 1.29 is 33.0 Å². The van der Waals surface area contributed by atoms with Crippen LogP contribution in [0.5, 0.6) is 5.75 Å². The van der Waals surface area contributed by atoms with Crippen LogP contribution in [0.4, 0.5) is 30.2 Å². The van der Waals surface area contributed by atoms with Crippen LogP contribution in [-0.2, 0) is 11.2 Å². The molecule has 4 aromatic carbocycles. The van der Waals surface area contributed by atoms with Gasteiger partial charge in [0, 0.05) is 23.2 Å². The van der Waals surface area contributed by atoms with Gasteiger partial charge in [0.2, 0.25) is 6.41 Å². The summed E-state index contributed by atoms with van der Waals surface area (Å²) in [4.78, 5) is 25.0. The maximum atomic E-state index is 12.5. The van der Waals surface area contributed by atoms with E-state index < -0.39 is 18.6 Å². The van der Waals surface area contributed by atoms with E-state index in [-0.39, 0.29) is 24.2 Å². The number of phenols is 1. The average Bonchev–Trinajstić information content (AvgIpc) is 2.97. The molecule has 1 amide bonds. The number of carbonyl (C=O) groups is 2. The smallest absolute Gasteiger partial charge is 0.389 e. The van der Waals surface area contributed by atoms with Gasteiger partial charge in [0.05, 0.1) is 22.6 Å². The van der Waals surface area contributed by atoms with Gasteiger partial charge < -0.3 is 10.2 Å². The summed E-state index contributed by atoms with van der Waals surface area (Å²) >= 11 is 0. The summed E-state index contributed by atoms with van der Waals surface area (Å²) in [5, 5.41) is 24.6. The fraction of sp³-hybridized carbons (Fsp3) is 0.156. The summed E-state index contributed by atoms with van der Waals surface area (Å²) in [5.41, 5.74) is 7.10. The Morgan fingerprint density at radius 1 is 0.976 bits per heavy atom. The largest absolute Gasteiger partial charge is 0.505 e. The lowest BCUT2D eigenvalue weighted by atomic mass is 10.0. The molecule has 4 rings (SSSR count). The third-order valence-corrected chi connectivity index (χ3v) is 6.60. The van der Waals surface area contributed by atoms with Gasteiger partial charge in [-0.2, -0.15) is 18.3 Å². The second kappa shape index (κ2) is 13.0. The number of amides is 1. The van der Waals surface area contributed by atoms with E-state index in [2.05, 4.69) is 10.5 Å². The van der Waals surface area contributed by atoms with Crippen molar-refractivity contribution >= 4 is 35.2 Å². The maximum Gasteiger partial charge on any atom is 0.389 e. The van der Waals surface area contributed by atoms with E-state index in [4.69, 9.17) is 0 Å². The van der Waals surface area contributed by atoms with Crippen molar-refractivity contribution in [3.63, 3.8) is 0 Å². The molecule has 3 N–H and O–H groups in total. The van der Waals surface area contributed by atoms with Crippen LogP contribution in [0.1, 0.15) is 41.3 Å². The fourth-order valence-electron chi connectivity index (χ4n) is 4.45. The number of para-hydroxylation sites is 2. The van der Waals surface area contributed by atoms with Gasteiger partial charge in [0.15, 0.2) is 0 Å². The molecule has 0 spiro atoms. The molecule has 0 fully saturated rings. The van der Waals surface area contributed by atoms with Crippen molar-refractivity contribution in [3.05, 3.63) is 108 Å². The zero-order chi connectivity index (χ0) is 30.3. The molecular weight excluding hydrogens is 547 g/mol. The maximum absolute atomic E-state index is 12.5. The number of alkyl halides is 3. The van der Waals surface area contributed by atoms with Crippen LogP contribution in [-0.4, -0.2) is 34.5 Å². The van der Waals surface area contributed by atoms with E-state index in [1.54, 1.807) is 85.8 Å². The number of nitrogens with one attached hydrogen (secondary N) is 1. The number of phenolic OH excluding ortho intramolecular Hbond substituents is 1. The molecule has 0 heterocycles. The molecule has 0 atom stereocenters. The molecule has 216 valence electrons. The average molecular weight is 576 g/mol. The highest BCUT2D eigenvalue weighted by Gasteiger charge is 2.26. The molecule has 0 saturated carbocycles. The Bertz CT molecular complexity index is 1600. The molecule has 7 nitrogen and oxygen atoms in total. The van der Waals surface area contributed by atoms with Crippen LogP contribution < -0.4 is 10.3 Å². The molecular formula is C32H28F3N3O4. The lowest BCUT2D eigenvalue weighted by molar-refractivity contribution is -0.135. The molecule has 0 unspecified atom stereocenters. The van der Waals surface area contributed by atoms with Gasteiger partial charge in [-0.3, -0.25) is 15.1 Å². The number of rotatable bonds is 11. The van der Waals surface area contributed by atoms with Gasteiger partial charge in [0.1, 0.15) is 5.75 Å². The van der Waals surface area contributed by atoms with E-state index in [1.807, 2.05) is 0 Å². The number of aryl methyl sites for hydroxylation is 1. The second-order valence-corrected chi connectivity index (χ2v) is 9.52. The highest BCUT2D eigenvalue weighted by Crippen LogP contribution is 2.36. The Kier molecular flexibility index (Phi) is 9.26. The predicted octanol–water partition coefficient (Wildman–Crippen LogP) is 7.77. The first kappa shape index (κ1) is 29.9. The van der Waals surface area contributed by atoms with Crippen molar-refractivity contribution in [2.45, 2.75) is 32.4 Å².